The molecule has 0 aromatic carbocycles. The number of hydrogen-bond acceptors (Lipinski definition) is 3. The lowest BCUT2D eigenvalue weighted by Crippen LogP contribution is -2.26. The molecule has 2 unspecified atom stereocenters. The minimum atomic E-state index is 0.158. The molecule has 1 aromatic rings. The zero-order valence-corrected chi connectivity index (χ0v) is 10.4. The number of rotatable bonds is 4. The van der Waals surface area contributed by atoms with Gasteiger partial charge in [0, 0.05) is 5.92 Å². The SMILES string of the molecule is CCC1CCCCC1C(=O)c1ccc(CN)o1. The van der Waals surface area contributed by atoms with Gasteiger partial charge in [-0.3, -0.25) is 4.79 Å². The van der Waals surface area contributed by atoms with Gasteiger partial charge in [0.15, 0.2) is 5.76 Å². The van der Waals surface area contributed by atoms with E-state index < -0.39 is 0 Å². The number of ketones is 1. The number of Topliss-reactive ketones (excluding diaryl/α,β-unsaturated/α-hetero) is 1. The molecule has 2 rings (SSSR count). The van der Waals surface area contributed by atoms with E-state index in [0.717, 1.165) is 19.3 Å². The molecule has 0 saturated heterocycles. The summed E-state index contributed by atoms with van der Waals surface area (Å²) in [6, 6.07) is 3.57. The molecule has 3 heteroatoms. The lowest BCUT2D eigenvalue weighted by Gasteiger charge is -2.28. The van der Waals surface area contributed by atoms with E-state index in [0.29, 0.717) is 24.0 Å². The van der Waals surface area contributed by atoms with Gasteiger partial charge < -0.3 is 10.2 Å². The third-order valence-electron chi connectivity index (χ3n) is 3.88. The first-order valence-corrected chi connectivity index (χ1v) is 6.59. The lowest BCUT2D eigenvalue weighted by molar-refractivity contribution is 0.0789. The van der Waals surface area contributed by atoms with E-state index in [-0.39, 0.29) is 11.7 Å². The van der Waals surface area contributed by atoms with Crippen LogP contribution in [-0.2, 0) is 6.54 Å². The standard InChI is InChI=1S/C14H21NO2/c1-2-10-5-3-4-6-12(10)14(16)13-8-7-11(9-15)17-13/h7-8,10,12H,2-6,9,15H2,1H3. The Balaban J connectivity index is 2.12. The molecule has 0 aliphatic heterocycles. The maximum atomic E-state index is 12.4. The van der Waals surface area contributed by atoms with Crippen molar-refractivity contribution in [3.8, 4) is 0 Å². The molecule has 17 heavy (non-hydrogen) atoms. The summed E-state index contributed by atoms with van der Waals surface area (Å²) in [5.74, 6) is 2.05. The fourth-order valence-corrected chi connectivity index (χ4v) is 2.84. The van der Waals surface area contributed by atoms with Crippen molar-refractivity contribution in [1.29, 1.82) is 0 Å². The summed E-state index contributed by atoms with van der Waals surface area (Å²) in [6.45, 7) is 2.53. The van der Waals surface area contributed by atoms with Gasteiger partial charge in [0.05, 0.1) is 6.54 Å². The molecule has 1 aromatic heterocycles. The van der Waals surface area contributed by atoms with Crippen molar-refractivity contribution in [2.24, 2.45) is 17.6 Å². The molecule has 3 nitrogen and oxygen atoms in total. The van der Waals surface area contributed by atoms with Gasteiger partial charge in [-0.15, -0.1) is 0 Å². The predicted octanol–water partition coefficient (Wildman–Crippen LogP) is 3.14. The molecular weight excluding hydrogens is 214 g/mol. The number of nitrogens with two attached hydrogens (primary N) is 1. The van der Waals surface area contributed by atoms with Gasteiger partial charge >= 0.3 is 0 Å². The van der Waals surface area contributed by atoms with Crippen LogP contribution < -0.4 is 5.73 Å². The van der Waals surface area contributed by atoms with Crippen LogP contribution in [0.1, 0.15) is 55.3 Å². The largest absolute Gasteiger partial charge is 0.457 e. The van der Waals surface area contributed by atoms with Gasteiger partial charge in [-0.05, 0) is 30.9 Å². The molecule has 0 spiro atoms. The molecule has 2 atom stereocenters. The van der Waals surface area contributed by atoms with Crippen molar-refractivity contribution >= 4 is 5.78 Å². The van der Waals surface area contributed by atoms with Crippen molar-refractivity contribution in [3.05, 3.63) is 23.7 Å². The van der Waals surface area contributed by atoms with E-state index in [4.69, 9.17) is 10.2 Å². The van der Waals surface area contributed by atoms with Gasteiger partial charge in [0.25, 0.3) is 0 Å². The highest BCUT2D eigenvalue weighted by atomic mass is 16.3. The topological polar surface area (TPSA) is 56.2 Å². The number of carbonyl (C=O) groups is 1. The van der Waals surface area contributed by atoms with Gasteiger partial charge in [-0.25, -0.2) is 0 Å². The minimum Gasteiger partial charge on any atom is -0.457 e. The van der Waals surface area contributed by atoms with Crippen LogP contribution in [0.2, 0.25) is 0 Å². The zero-order chi connectivity index (χ0) is 12.3. The molecule has 1 aliphatic rings. The van der Waals surface area contributed by atoms with E-state index in [2.05, 4.69) is 6.92 Å². The lowest BCUT2D eigenvalue weighted by atomic mass is 9.75. The van der Waals surface area contributed by atoms with Crippen LogP contribution in [0.15, 0.2) is 16.5 Å². The molecule has 1 fully saturated rings. The smallest absolute Gasteiger partial charge is 0.201 e. The van der Waals surface area contributed by atoms with Crippen molar-refractivity contribution in [2.45, 2.75) is 45.6 Å². The number of carbonyl (C=O) groups excluding carboxylic acids is 1. The average molecular weight is 235 g/mol. The van der Waals surface area contributed by atoms with Gasteiger partial charge in [0.2, 0.25) is 5.78 Å². The second kappa shape index (κ2) is 5.50. The Hall–Kier alpha value is -1.09. The van der Waals surface area contributed by atoms with Crippen molar-refractivity contribution in [2.75, 3.05) is 0 Å². The van der Waals surface area contributed by atoms with E-state index in [9.17, 15) is 4.79 Å². The first-order valence-electron chi connectivity index (χ1n) is 6.59. The first kappa shape index (κ1) is 12.4. The van der Waals surface area contributed by atoms with Crippen LogP contribution in [0.3, 0.4) is 0 Å². The summed E-state index contributed by atoms with van der Waals surface area (Å²) in [6.07, 6.45) is 5.69. The summed E-state index contributed by atoms with van der Waals surface area (Å²) < 4.78 is 5.47. The monoisotopic (exact) mass is 235 g/mol. The van der Waals surface area contributed by atoms with E-state index in [1.54, 1.807) is 12.1 Å². The second-order valence-electron chi connectivity index (χ2n) is 4.89. The maximum absolute atomic E-state index is 12.4. The summed E-state index contributed by atoms with van der Waals surface area (Å²) in [5, 5.41) is 0. The fourth-order valence-electron chi connectivity index (χ4n) is 2.84. The number of furan rings is 1. The third kappa shape index (κ3) is 2.60. The summed E-state index contributed by atoms with van der Waals surface area (Å²) in [5.41, 5.74) is 5.49. The fraction of sp³-hybridized carbons (Fsp3) is 0.643. The van der Waals surface area contributed by atoms with Crippen LogP contribution >= 0.6 is 0 Å². The van der Waals surface area contributed by atoms with Crippen molar-refractivity contribution in [3.63, 3.8) is 0 Å². The molecule has 1 heterocycles. The molecule has 94 valence electrons. The van der Waals surface area contributed by atoms with E-state index >= 15 is 0 Å². The Morgan fingerprint density at radius 3 is 2.82 bits per heavy atom. The summed E-state index contributed by atoms with van der Waals surface area (Å²) >= 11 is 0. The maximum Gasteiger partial charge on any atom is 0.201 e. The molecule has 2 N–H and O–H groups in total. The Morgan fingerprint density at radius 1 is 1.41 bits per heavy atom. The van der Waals surface area contributed by atoms with Crippen LogP contribution in [0.4, 0.5) is 0 Å². The van der Waals surface area contributed by atoms with Crippen LogP contribution in [0, 0.1) is 11.8 Å². The van der Waals surface area contributed by atoms with Crippen molar-refractivity contribution in [1.82, 2.24) is 0 Å². The molecule has 0 radical (unpaired) electrons. The highest BCUT2D eigenvalue weighted by molar-refractivity contribution is 5.95. The average Bonchev–Trinajstić information content (AvgIpc) is 2.86. The van der Waals surface area contributed by atoms with Crippen LogP contribution in [-0.4, -0.2) is 5.78 Å². The van der Waals surface area contributed by atoms with Gasteiger partial charge in [-0.1, -0.05) is 26.2 Å². The predicted molar refractivity (Wildman–Crippen MR) is 66.7 cm³/mol. The molecular formula is C14H21NO2. The normalized spacial score (nSPS) is 24.8. The Kier molecular flexibility index (Phi) is 4.00. The minimum absolute atomic E-state index is 0.158. The molecule has 1 aliphatic carbocycles. The second-order valence-corrected chi connectivity index (χ2v) is 4.89. The molecule has 0 bridgehead atoms. The van der Waals surface area contributed by atoms with Gasteiger partial charge in [0.1, 0.15) is 5.76 Å². The molecule has 0 amide bonds. The summed E-state index contributed by atoms with van der Waals surface area (Å²) in [7, 11) is 0. The van der Waals surface area contributed by atoms with Crippen LogP contribution in [0.5, 0.6) is 0 Å². The third-order valence-corrected chi connectivity index (χ3v) is 3.88. The Morgan fingerprint density at radius 2 is 2.18 bits per heavy atom. The van der Waals surface area contributed by atoms with Crippen LogP contribution in [0.25, 0.3) is 0 Å². The van der Waals surface area contributed by atoms with E-state index in [1.807, 2.05) is 0 Å². The Labute approximate surface area is 102 Å². The highest BCUT2D eigenvalue weighted by Crippen LogP contribution is 2.34. The van der Waals surface area contributed by atoms with Crippen molar-refractivity contribution < 1.29 is 9.21 Å². The van der Waals surface area contributed by atoms with E-state index in [1.165, 1.54) is 12.8 Å². The quantitative estimate of drug-likeness (QED) is 0.816. The first-order chi connectivity index (χ1) is 8.26. The summed E-state index contributed by atoms with van der Waals surface area (Å²) in [4.78, 5) is 12.4. The zero-order valence-electron chi connectivity index (χ0n) is 10.4. The molecule has 1 saturated carbocycles. The number of hydrogen-bond donors (Lipinski definition) is 1. The Bertz CT molecular complexity index is 383. The highest BCUT2D eigenvalue weighted by Gasteiger charge is 2.31. The van der Waals surface area contributed by atoms with Gasteiger partial charge in [-0.2, -0.15) is 0 Å².